The number of piperidine rings is 2. The van der Waals surface area contributed by atoms with Gasteiger partial charge in [0.15, 0.2) is 0 Å². The normalized spacial score (nSPS) is 34.1. The van der Waals surface area contributed by atoms with E-state index in [1.54, 1.807) is 0 Å². The van der Waals surface area contributed by atoms with Crippen LogP contribution in [0.15, 0.2) is 0 Å². The molecule has 100 valence electrons. The number of likely N-dealkylation sites (tertiary alicyclic amines) is 2. The number of nitrogens with zero attached hydrogens (tertiary/aromatic N) is 2. The molecule has 0 bridgehead atoms. The number of hydrogen-bond donors (Lipinski definition) is 0. The highest BCUT2D eigenvalue weighted by Crippen LogP contribution is 2.26. The molecule has 0 aromatic rings. The van der Waals surface area contributed by atoms with Crippen molar-refractivity contribution >= 4 is 0 Å². The smallest absolute Gasteiger partial charge is 0.00132 e. The first-order valence-electron chi connectivity index (χ1n) is 7.60. The summed E-state index contributed by atoms with van der Waals surface area (Å²) in [5, 5.41) is 0. The van der Waals surface area contributed by atoms with E-state index in [-0.39, 0.29) is 0 Å². The van der Waals surface area contributed by atoms with Gasteiger partial charge in [-0.2, -0.15) is 0 Å². The number of rotatable bonds is 3. The Labute approximate surface area is 107 Å². The van der Waals surface area contributed by atoms with E-state index in [2.05, 4.69) is 30.7 Å². The second-order valence-corrected chi connectivity index (χ2v) is 6.44. The maximum atomic E-state index is 2.73. The largest absolute Gasteiger partial charge is 0.306 e. The van der Waals surface area contributed by atoms with Crippen molar-refractivity contribution in [1.82, 2.24) is 9.80 Å². The molecule has 2 aliphatic rings. The summed E-state index contributed by atoms with van der Waals surface area (Å²) in [5.74, 6) is 2.85. The lowest BCUT2D eigenvalue weighted by molar-refractivity contribution is 0.0923. The molecular weight excluding hydrogens is 208 g/mol. The Kier molecular flexibility index (Phi) is 4.87. The Morgan fingerprint density at radius 1 is 1.06 bits per heavy atom. The molecule has 0 aromatic carbocycles. The third kappa shape index (κ3) is 3.69. The molecular formula is C15H30N2. The highest BCUT2D eigenvalue weighted by Gasteiger charge is 2.27. The molecule has 2 atom stereocenters. The molecule has 2 fully saturated rings. The van der Waals surface area contributed by atoms with Gasteiger partial charge in [0.05, 0.1) is 0 Å². The van der Waals surface area contributed by atoms with Gasteiger partial charge >= 0.3 is 0 Å². The minimum Gasteiger partial charge on any atom is -0.306 e. The fourth-order valence-corrected chi connectivity index (χ4v) is 3.58. The summed E-state index contributed by atoms with van der Waals surface area (Å²) < 4.78 is 0. The maximum Gasteiger partial charge on any atom is 0.00132 e. The maximum absolute atomic E-state index is 2.73. The predicted octanol–water partition coefficient (Wildman–Crippen LogP) is 2.70. The van der Waals surface area contributed by atoms with Crippen molar-refractivity contribution in [3.05, 3.63) is 0 Å². The molecule has 17 heavy (non-hydrogen) atoms. The predicted molar refractivity (Wildman–Crippen MR) is 74.2 cm³/mol. The highest BCUT2D eigenvalue weighted by molar-refractivity contribution is 4.80. The molecule has 0 saturated carbocycles. The molecule has 2 heteroatoms. The molecule has 0 radical (unpaired) electrons. The average Bonchev–Trinajstić information content (AvgIpc) is 2.34. The molecule has 2 saturated heterocycles. The zero-order chi connectivity index (χ0) is 12.3. The van der Waals surface area contributed by atoms with E-state index in [1.807, 2.05) is 0 Å². The van der Waals surface area contributed by atoms with Crippen molar-refractivity contribution in [1.29, 1.82) is 0 Å². The molecule has 0 amide bonds. The first-order valence-corrected chi connectivity index (χ1v) is 7.60. The van der Waals surface area contributed by atoms with Crippen molar-refractivity contribution in [2.24, 2.45) is 17.8 Å². The van der Waals surface area contributed by atoms with Crippen LogP contribution in [0, 0.1) is 17.8 Å². The van der Waals surface area contributed by atoms with E-state index in [9.17, 15) is 0 Å². The van der Waals surface area contributed by atoms with Crippen molar-refractivity contribution in [2.45, 2.75) is 39.5 Å². The van der Waals surface area contributed by atoms with Crippen LogP contribution >= 0.6 is 0 Å². The van der Waals surface area contributed by atoms with Crippen LogP contribution in [0.2, 0.25) is 0 Å². The first-order chi connectivity index (χ1) is 8.19. The summed E-state index contributed by atoms with van der Waals surface area (Å²) in [6.45, 7) is 11.5. The van der Waals surface area contributed by atoms with Crippen LogP contribution in [0.5, 0.6) is 0 Å². The lowest BCUT2D eigenvalue weighted by Crippen LogP contribution is -2.44. The average molecular weight is 238 g/mol. The van der Waals surface area contributed by atoms with Crippen LogP contribution in [0.4, 0.5) is 0 Å². The van der Waals surface area contributed by atoms with Gasteiger partial charge < -0.3 is 9.80 Å². The van der Waals surface area contributed by atoms with Gasteiger partial charge in [-0.25, -0.2) is 0 Å². The Balaban J connectivity index is 1.74. The third-order valence-corrected chi connectivity index (χ3v) is 5.06. The van der Waals surface area contributed by atoms with Gasteiger partial charge in [0, 0.05) is 13.1 Å². The van der Waals surface area contributed by atoms with E-state index in [0.717, 1.165) is 17.8 Å². The third-order valence-electron chi connectivity index (χ3n) is 5.06. The Hall–Kier alpha value is -0.0800. The standard InChI is InChI=1S/C15H30N2/c1-4-14-5-9-17(10-6-14)12-15-7-8-16(3)11-13(15)2/h13-15H,4-12H2,1-3H3. The minimum atomic E-state index is 0.887. The van der Waals surface area contributed by atoms with Crippen LogP contribution < -0.4 is 0 Å². The summed E-state index contributed by atoms with van der Waals surface area (Å²) >= 11 is 0. The van der Waals surface area contributed by atoms with E-state index in [0.29, 0.717) is 0 Å². The fourth-order valence-electron chi connectivity index (χ4n) is 3.58. The van der Waals surface area contributed by atoms with Crippen molar-refractivity contribution in [3.8, 4) is 0 Å². The van der Waals surface area contributed by atoms with E-state index in [4.69, 9.17) is 0 Å². The summed E-state index contributed by atoms with van der Waals surface area (Å²) in [6.07, 6.45) is 5.68. The monoisotopic (exact) mass is 238 g/mol. The molecule has 2 rings (SSSR count). The van der Waals surface area contributed by atoms with Gasteiger partial charge in [-0.05, 0) is 63.7 Å². The zero-order valence-corrected chi connectivity index (χ0v) is 12.0. The zero-order valence-electron chi connectivity index (χ0n) is 12.0. The molecule has 2 aliphatic heterocycles. The minimum absolute atomic E-state index is 0.887. The van der Waals surface area contributed by atoms with Gasteiger partial charge in [0.25, 0.3) is 0 Å². The van der Waals surface area contributed by atoms with Crippen LogP contribution in [0.25, 0.3) is 0 Å². The summed E-state index contributed by atoms with van der Waals surface area (Å²) in [4.78, 5) is 5.23. The van der Waals surface area contributed by atoms with Crippen LogP contribution in [0.1, 0.15) is 39.5 Å². The Morgan fingerprint density at radius 3 is 2.35 bits per heavy atom. The van der Waals surface area contributed by atoms with E-state index >= 15 is 0 Å². The summed E-state index contributed by atoms with van der Waals surface area (Å²) in [5.41, 5.74) is 0. The molecule has 2 unspecified atom stereocenters. The van der Waals surface area contributed by atoms with Crippen LogP contribution in [-0.2, 0) is 0 Å². The van der Waals surface area contributed by atoms with Crippen LogP contribution in [-0.4, -0.2) is 49.6 Å². The van der Waals surface area contributed by atoms with Crippen LogP contribution in [0.3, 0.4) is 0 Å². The second-order valence-electron chi connectivity index (χ2n) is 6.44. The first kappa shape index (κ1) is 13.4. The quantitative estimate of drug-likeness (QED) is 0.746. The van der Waals surface area contributed by atoms with E-state index < -0.39 is 0 Å². The summed E-state index contributed by atoms with van der Waals surface area (Å²) in [7, 11) is 2.26. The SMILES string of the molecule is CCC1CCN(CC2CCN(C)CC2C)CC1. The molecule has 0 aromatic heterocycles. The molecule has 2 nitrogen and oxygen atoms in total. The molecule has 0 N–H and O–H groups in total. The van der Waals surface area contributed by atoms with Gasteiger partial charge in [-0.3, -0.25) is 0 Å². The van der Waals surface area contributed by atoms with Crippen molar-refractivity contribution in [2.75, 3.05) is 39.8 Å². The molecule has 2 heterocycles. The highest BCUT2D eigenvalue weighted by atomic mass is 15.1. The second kappa shape index (κ2) is 6.19. The lowest BCUT2D eigenvalue weighted by atomic mass is 9.85. The summed E-state index contributed by atoms with van der Waals surface area (Å²) in [6, 6.07) is 0. The van der Waals surface area contributed by atoms with Crippen molar-refractivity contribution < 1.29 is 0 Å². The Bertz CT molecular complexity index is 221. The fraction of sp³-hybridized carbons (Fsp3) is 1.00. The topological polar surface area (TPSA) is 6.48 Å². The van der Waals surface area contributed by atoms with Gasteiger partial charge in [-0.15, -0.1) is 0 Å². The van der Waals surface area contributed by atoms with Gasteiger partial charge in [0.1, 0.15) is 0 Å². The lowest BCUT2D eigenvalue weighted by Gasteiger charge is -2.39. The van der Waals surface area contributed by atoms with Crippen molar-refractivity contribution in [3.63, 3.8) is 0 Å². The van der Waals surface area contributed by atoms with Gasteiger partial charge in [-0.1, -0.05) is 20.3 Å². The Morgan fingerprint density at radius 2 is 1.76 bits per heavy atom. The number of hydrogen-bond acceptors (Lipinski definition) is 2. The molecule has 0 spiro atoms. The van der Waals surface area contributed by atoms with E-state index in [1.165, 1.54) is 58.4 Å². The van der Waals surface area contributed by atoms with Gasteiger partial charge in [0.2, 0.25) is 0 Å². The molecule has 0 aliphatic carbocycles.